The van der Waals surface area contributed by atoms with Crippen LogP contribution in [-0.4, -0.2) is 15.9 Å². The van der Waals surface area contributed by atoms with E-state index in [0.717, 1.165) is 0 Å². The van der Waals surface area contributed by atoms with E-state index >= 15 is 0 Å². The highest BCUT2D eigenvalue weighted by atomic mass is 35.5. The SMILES string of the molecule is CC(C)(C)CC(=O)Nc1c(Cl)ncnc1Cl. The van der Waals surface area contributed by atoms with Gasteiger partial charge >= 0.3 is 0 Å². The molecule has 6 heteroatoms. The van der Waals surface area contributed by atoms with E-state index in [1.54, 1.807) is 0 Å². The van der Waals surface area contributed by atoms with Crippen molar-refractivity contribution in [3.63, 3.8) is 0 Å². The number of carbonyl (C=O) groups is 1. The summed E-state index contributed by atoms with van der Waals surface area (Å²) in [5.74, 6) is -0.161. The lowest BCUT2D eigenvalue weighted by molar-refractivity contribution is -0.117. The van der Waals surface area contributed by atoms with Gasteiger partial charge in [-0.05, 0) is 5.41 Å². The lowest BCUT2D eigenvalue weighted by atomic mass is 9.92. The molecule has 0 saturated carbocycles. The Morgan fingerprint density at radius 1 is 1.31 bits per heavy atom. The number of aromatic nitrogens is 2. The molecule has 1 aromatic rings. The Bertz CT molecular complexity index is 381. The number of hydrogen-bond donors (Lipinski definition) is 1. The van der Waals surface area contributed by atoms with Gasteiger partial charge in [-0.3, -0.25) is 4.79 Å². The van der Waals surface area contributed by atoms with Crippen LogP contribution in [0.15, 0.2) is 6.33 Å². The Hall–Kier alpha value is -0.870. The molecule has 0 saturated heterocycles. The number of amides is 1. The van der Waals surface area contributed by atoms with Gasteiger partial charge in [-0.15, -0.1) is 0 Å². The summed E-state index contributed by atoms with van der Waals surface area (Å²) < 4.78 is 0. The smallest absolute Gasteiger partial charge is 0.225 e. The van der Waals surface area contributed by atoms with Crippen molar-refractivity contribution in [2.24, 2.45) is 5.41 Å². The van der Waals surface area contributed by atoms with E-state index in [1.807, 2.05) is 20.8 Å². The van der Waals surface area contributed by atoms with Crippen LogP contribution in [0.2, 0.25) is 10.3 Å². The fourth-order valence-corrected chi connectivity index (χ4v) is 1.52. The Balaban J connectivity index is 2.78. The van der Waals surface area contributed by atoms with Crippen molar-refractivity contribution in [2.75, 3.05) is 5.32 Å². The first-order valence-electron chi connectivity index (χ1n) is 4.75. The minimum Gasteiger partial charge on any atom is -0.321 e. The highest BCUT2D eigenvalue weighted by Gasteiger charge is 2.18. The molecule has 0 radical (unpaired) electrons. The molecule has 1 rings (SSSR count). The quantitative estimate of drug-likeness (QED) is 0.833. The Morgan fingerprint density at radius 3 is 2.25 bits per heavy atom. The Labute approximate surface area is 104 Å². The number of hydrogen-bond acceptors (Lipinski definition) is 3. The highest BCUT2D eigenvalue weighted by Crippen LogP contribution is 2.27. The van der Waals surface area contributed by atoms with Gasteiger partial charge in [-0.1, -0.05) is 44.0 Å². The maximum absolute atomic E-state index is 11.6. The van der Waals surface area contributed by atoms with Gasteiger partial charge in [-0.2, -0.15) is 0 Å². The van der Waals surface area contributed by atoms with Crippen molar-refractivity contribution in [3.8, 4) is 0 Å². The normalized spacial score (nSPS) is 11.3. The van der Waals surface area contributed by atoms with Crippen LogP contribution in [0.4, 0.5) is 5.69 Å². The fraction of sp³-hybridized carbons (Fsp3) is 0.500. The average Bonchev–Trinajstić information content (AvgIpc) is 2.08. The molecule has 0 fully saturated rings. The minimum absolute atomic E-state index is 0.0985. The third kappa shape index (κ3) is 3.94. The van der Waals surface area contributed by atoms with E-state index in [9.17, 15) is 4.79 Å². The van der Waals surface area contributed by atoms with Crippen LogP contribution >= 0.6 is 23.2 Å². The predicted octanol–water partition coefficient (Wildman–Crippen LogP) is 3.16. The second-order valence-electron chi connectivity index (χ2n) is 4.62. The van der Waals surface area contributed by atoms with Crippen LogP contribution in [0.25, 0.3) is 0 Å². The maximum atomic E-state index is 11.6. The third-order valence-corrected chi connectivity index (χ3v) is 2.28. The second-order valence-corrected chi connectivity index (χ2v) is 5.33. The summed E-state index contributed by atoms with van der Waals surface area (Å²) in [5.41, 5.74) is 0.165. The van der Waals surface area contributed by atoms with Gasteiger partial charge in [0.25, 0.3) is 0 Å². The van der Waals surface area contributed by atoms with Crippen LogP contribution in [0.3, 0.4) is 0 Å². The summed E-state index contributed by atoms with van der Waals surface area (Å²) in [7, 11) is 0. The molecule has 0 unspecified atom stereocenters. The molecule has 0 atom stereocenters. The predicted molar refractivity (Wildman–Crippen MR) is 64.8 cm³/mol. The number of nitrogens with one attached hydrogen (secondary N) is 1. The van der Waals surface area contributed by atoms with Crippen molar-refractivity contribution in [1.29, 1.82) is 0 Å². The number of carbonyl (C=O) groups excluding carboxylic acids is 1. The third-order valence-electron chi connectivity index (χ3n) is 1.71. The topological polar surface area (TPSA) is 54.9 Å². The second kappa shape index (κ2) is 4.97. The van der Waals surface area contributed by atoms with Crippen molar-refractivity contribution in [1.82, 2.24) is 9.97 Å². The summed E-state index contributed by atoms with van der Waals surface area (Å²) in [5, 5.41) is 2.89. The van der Waals surface area contributed by atoms with Crippen molar-refractivity contribution in [3.05, 3.63) is 16.6 Å². The zero-order chi connectivity index (χ0) is 12.3. The van der Waals surface area contributed by atoms with Crippen LogP contribution in [-0.2, 0) is 4.79 Å². The first-order chi connectivity index (χ1) is 7.29. The van der Waals surface area contributed by atoms with Gasteiger partial charge in [0.2, 0.25) is 5.91 Å². The molecule has 1 amide bonds. The van der Waals surface area contributed by atoms with E-state index < -0.39 is 0 Å². The number of anilines is 1. The first-order valence-corrected chi connectivity index (χ1v) is 5.51. The molecule has 0 spiro atoms. The molecule has 0 aliphatic heterocycles. The largest absolute Gasteiger partial charge is 0.321 e. The van der Waals surface area contributed by atoms with E-state index in [2.05, 4.69) is 15.3 Å². The van der Waals surface area contributed by atoms with E-state index in [0.29, 0.717) is 6.42 Å². The molecule has 0 aliphatic carbocycles. The fourth-order valence-electron chi connectivity index (χ4n) is 1.11. The number of nitrogens with zero attached hydrogens (tertiary/aromatic N) is 2. The summed E-state index contributed by atoms with van der Waals surface area (Å²) >= 11 is 11.6. The molecule has 0 bridgehead atoms. The minimum atomic E-state index is -0.161. The number of halogens is 2. The van der Waals surface area contributed by atoms with Gasteiger partial charge in [0, 0.05) is 6.42 Å². The van der Waals surface area contributed by atoms with E-state index in [1.165, 1.54) is 6.33 Å². The molecule has 0 aromatic carbocycles. The van der Waals surface area contributed by atoms with Gasteiger partial charge < -0.3 is 5.32 Å². The summed E-state index contributed by atoms with van der Waals surface area (Å²) in [6.45, 7) is 5.91. The van der Waals surface area contributed by atoms with Crippen molar-refractivity contribution in [2.45, 2.75) is 27.2 Å². The molecular formula is C10H13Cl2N3O. The lowest BCUT2D eigenvalue weighted by Crippen LogP contribution is -2.20. The van der Waals surface area contributed by atoms with Gasteiger partial charge in [-0.25, -0.2) is 9.97 Å². The van der Waals surface area contributed by atoms with Gasteiger partial charge in [0.1, 0.15) is 12.0 Å². The van der Waals surface area contributed by atoms with Crippen LogP contribution in [0, 0.1) is 5.41 Å². The van der Waals surface area contributed by atoms with E-state index in [4.69, 9.17) is 23.2 Å². The van der Waals surface area contributed by atoms with Gasteiger partial charge in [0.05, 0.1) is 0 Å². The molecule has 1 heterocycles. The van der Waals surface area contributed by atoms with Gasteiger partial charge in [0.15, 0.2) is 10.3 Å². The Morgan fingerprint density at radius 2 is 1.81 bits per heavy atom. The summed E-state index contributed by atoms with van der Waals surface area (Å²) in [4.78, 5) is 19.1. The lowest BCUT2D eigenvalue weighted by Gasteiger charge is -2.17. The van der Waals surface area contributed by atoms with Crippen LogP contribution < -0.4 is 5.32 Å². The molecule has 4 nitrogen and oxygen atoms in total. The summed E-state index contributed by atoms with van der Waals surface area (Å²) in [6.07, 6.45) is 1.61. The molecule has 16 heavy (non-hydrogen) atoms. The van der Waals surface area contributed by atoms with Crippen LogP contribution in [0.1, 0.15) is 27.2 Å². The maximum Gasteiger partial charge on any atom is 0.225 e. The molecule has 1 N–H and O–H groups in total. The van der Waals surface area contributed by atoms with Crippen molar-refractivity contribution >= 4 is 34.8 Å². The van der Waals surface area contributed by atoms with Crippen molar-refractivity contribution < 1.29 is 4.79 Å². The summed E-state index contributed by atoms with van der Waals surface area (Å²) in [6, 6.07) is 0. The standard InChI is InChI=1S/C10H13Cl2N3O/c1-10(2,3)4-6(16)15-7-8(11)13-5-14-9(7)12/h5H,4H2,1-3H3,(H,15,16). The molecule has 88 valence electrons. The van der Waals surface area contributed by atoms with E-state index in [-0.39, 0.29) is 27.3 Å². The van der Waals surface area contributed by atoms with Crippen LogP contribution in [0.5, 0.6) is 0 Å². The molecule has 0 aliphatic rings. The Kier molecular flexibility index (Phi) is 4.10. The molecule has 1 aromatic heterocycles. The monoisotopic (exact) mass is 261 g/mol. The highest BCUT2D eigenvalue weighted by molar-refractivity contribution is 6.38. The molecular weight excluding hydrogens is 249 g/mol. The zero-order valence-corrected chi connectivity index (χ0v) is 10.9. The zero-order valence-electron chi connectivity index (χ0n) is 9.34. The first kappa shape index (κ1) is 13.2. The number of rotatable bonds is 2. The average molecular weight is 262 g/mol.